The fourth-order valence-electron chi connectivity index (χ4n) is 2.30. The molecule has 1 amide bonds. The lowest BCUT2D eigenvalue weighted by molar-refractivity contribution is -0.120. The lowest BCUT2D eigenvalue weighted by Gasteiger charge is -2.05. The van der Waals surface area contributed by atoms with Crippen LogP contribution >= 0.6 is 15.9 Å². The van der Waals surface area contributed by atoms with Gasteiger partial charge in [0.05, 0.1) is 19.2 Å². The molecule has 0 bridgehead atoms. The lowest BCUT2D eigenvalue weighted by atomic mass is 10.1. The molecule has 0 aliphatic carbocycles. The van der Waals surface area contributed by atoms with Crippen LogP contribution in [0.5, 0.6) is 17.2 Å². The third-order valence-electron chi connectivity index (χ3n) is 3.48. The number of hydrogen-bond acceptors (Lipinski definition) is 5. The van der Waals surface area contributed by atoms with Gasteiger partial charge in [0.1, 0.15) is 5.75 Å². The van der Waals surface area contributed by atoms with Gasteiger partial charge in [-0.2, -0.15) is 5.10 Å². The number of hydrazone groups is 1. The van der Waals surface area contributed by atoms with Crippen LogP contribution in [0, 0.1) is 0 Å². The molecule has 0 saturated heterocycles. The number of rotatable bonds is 6. The highest BCUT2D eigenvalue weighted by Crippen LogP contribution is 2.36. The zero-order valence-corrected chi connectivity index (χ0v) is 15.2. The monoisotopic (exact) mass is 404 g/mol. The molecule has 0 fully saturated rings. The van der Waals surface area contributed by atoms with Crippen molar-refractivity contribution in [3.05, 3.63) is 52.0 Å². The molecule has 2 aromatic rings. The zero-order valence-electron chi connectivity index (χ0n) is 13.6. The van der Waals surface area contributed by atoms with Crippen molar-refractivity contribution >= 4 is 28.1 Å². The predicted molar refractivity (Wildman–Crippen MR) is 97.3 cm³/mol. The number of nitrogens with zero attached hydrogens (tertiary/aromatic N) is 1. The first kappa shape index (κ1) is 17.3. The van der Waals surface area contributed by atoms with Crippen LogP contribution in [0.15, 0.2) is 46.0 Å². The van der Waals surface area contributed by atoms with E-state index in [-0.39, 0.29) is 19.1 Å². The Morgan fingerprint density at radius 3 is 2.72 bits per heavy atom. The quantitative estimate of drug-likeness (QED) is 0.592. The molecule has 0 atom stereocenters. The molecule has 0 radical (unpaired) electrons. The van der Waals surface area contributed by atoms with Crippen LogP contribution < -0.4 is 19.6 Å². The molecule has 1 N–H and O–H groups in total. The van der Waals surface area contributed by atoms with Gasteiger partial charge in [0, 0.05) is 10.0 Å². The third kappa shape index (κ3) is 4.51. The van der Waals surface area contributed by atoms with Gasteiger partial charge in [0.2, 0.25) is 12.7 Å². The van der Waals surface area contributed by atoms with E-state index < -0.39 is 0 Å². The minimum atomic E-state index is -0.197. The lowest BCUT2D eigenvalue weighted by Crippen LogP contribution is -2.19. The second-order valence-corrected chi connectivity index (χ2v) is 6.13. The number of carbonyl (C=O) groups is 1. The number of carbonyl (C=O) groups excluding carboxylic acids is 1. The third-order valence-corrected chi connectivity index (χ3v) is 4.17. The van der Waals surface area contributed by atoms with Crippen LogP contribution in [0.25, 0.3) is 0 Å². The molecular weight excluding hydrogens is 388 g/mol. The van der Waals surface area contributed by atoms with Crippen LogP contribution in [0.4, 0.5) is 0 Å². The average molecular weight is 405 g/mol. The van der Waals surface area contributed by atoms with E-state index in [0.29, 0.717) is 18.1 Å². The van der Waals surface area contributed by atoms with Gasteiger partial charge in [-0.15, -0.1) is 0 Å². The van der Waals surface area contributed by atoms with E-state index in [0.717, 1.165) is 21.3 Å². The van der Waals surface area contributed by atoms with E-state index >= 15 is 0 Å². The summed E-state index contributed by atoms with van der Waals surface area (Å²) in [6.45, 7) is 2.75. The first-order valence-electron chi connectivity index (χ1n) is 7.78. The molecule has 1 aliphatic heterocycles. The summed E-state index contributed by atoms with van der Waals surface area (Å²) in [6.07, 6.45) is 1.80. The number of nitrogens with one attached hydrogen (secondary N) is 1. The average Bonchev–Trinajstić information content (AvgIpc) is 3.04. The second-order valence-electron chi connectivity index (χ2n) is 5.27. The number of hydrogen-bond donors (Lipinski definition) is 1. The molecule has 0 spiro atoms. The Morgan fingerprint density at radius 1 is 1.28 bits per heavy atom. The van der Waals surface area contributed by atoms with Gasteiger partial charge in [0.25, 0.3) is 0 Å². The number of fused-ring (bicyclic) bond motifs is 1. The number of halogens is 1. The zero-order chi connectivity index (χ0) is 17.6. The minimum absolute atomic E-state index is 0.197. The minimum Gasteiger partial charge on any atom is -0.494 e. The van der Waals surface area contributed by atoms with Crippen LogP contribution in [0.3, 0.4) is 0 Å². The van der Waals surface area contributed by atoms with Crippen molar-refractivity contribution in [3.8, 4) is 17.2 Å². The molecule has 25 heavy (non-hydrogen) atoms. The van der Waals surface area contributed by atoms with Gasteiger partial charge in [-0.25, -0.2) is 5.43 Å². The van der Waals surface area contributed by atoms with Gasteiger partial charge in [-0.05, 0) is 52.7 Å². The Labute approximate surface area is 153 Å². The highest BCUT2D eigenvalue weighted by molar-refractivity contribution is 9.10. The Hall–Kier alpha value is -2.54. The highest BCUT2D eigenvalue weighted by Gasteiger charge is 2.15. The van der Waals surface area contributed by atoms with Crippen molar-refractivity contribution < 1.29 is 19.0 Å². The first-order valence-corrected chi connectivity index (χ1v) is 8.58. The van der Waals surface area contributed by atoms with Crippen molar-refractivity contribution in [1.29, 1.82) is 0 Å². The molecular formula is C18H17BrN2O4. The fourth-order valence-corrected chi connectivity index (χ4v) is 2.73. The maximum atomic E-state index is 12.0. The molecule has 0 aromatic heterocycles. The summed E-state index contributed by atoms with van der Waals surface area (Å²) < 4.78 is 16.8. The second kappa shape index (κ2) is 8.02. The van der Waals surface area contributed by atoms with Crippen LogP contribution in [0.1, 0.15) is 18.1 Å². The smallest absolute Gasteiger partial charge is 0.244 e. The van der Waals surface area contributed by atoms with E-state index in [9.17, 15) is 4.79 Å². The van der Waals surface area contributed by atoms with Gasteiger partial charge in [-0.1, -0.05) is 12.1 Å². The Balaban J connectivity index is 1.56. The summed E-state index contributed by atoms with van der Waals surface area (Å²) in [5.74, 6) is 1.93. The Bertz CT molecular complexity index is 790. The van der Waals surface area contributed by atoms with Gasteiger partial charge >= 0.3 is 0 Å². The van der Waals surface area contributed by atoms with Crippen LogP contribution in [-0.2, 0) is 11.2 Å². The highest BCUT2D eigenvalue weighted by atomic mass is 79.9. The molecule has 6 nitrogen and oxygen atoms in total. The fraction of sp³-hybridized carbons (Fsp3) is 0.222. The molecule has 2 aromatic carbocycles. The summed E-state index contributed by atoms with van der Waals surface area (Å²) in [6, 6.07) is 11.0. The topological polar surface area (TPSA) is 69.2 Å². The van der Waals surface area contributed by atoms with Crippen molar-refractivity contribution in [1.82, 2.24) is 5.43 Å². The Morgan fingerprint density at radius 2 is 2.00 bits per heavy atom. The summed E-state index contributed by atoms with van der Waals surface area (Å²) >= 11 is 3.44. The normalized spacial score (nSPS) is 12.4. The SMILES string of the molecule is CCOc1ccc(CC(=O)N/N=C\c2cc3c(cc2Br)OCO3)cc1. The van der Waals surface area contributed by atoms with Crippen LogP contribution in [-0.4, -0.2) is 25.5 Å². The van der Waals surface area contributed by atoms with E-state index in [2.05, 4.69) is 26.5 Å². The number of amides is 1. The number of ether oxygens (including phenoxy) is 3. The predicted octanol–water partition coefficient (Wildman–Crippen LogP) is 3.27. The maximum Gasteiger partial charge on any atom is 0.244 e. The van der Waals surface area contributed by atoms with Gasteiger partial charge in [0.15, 0.2) is 11.5 Å². The largest absolute Gasteiger partial charge is 0.494 e. The molecule has 1 aliphatic rings. The maximum absolute atomic E-state index is 12.0. The van der Waals surface area contributed by atoms with Gasteiger partial charge < -0.3 is 14.2 Å². The molecule has 130 valence electrons. The van der Waals surface area contributed by atoms with E-state index in [1.807, 2.05) is 37.3 Å². The summed E-state index contributed by atoms with van der Waals surface area (Å²) in [4.78, 5) is 12.0. The molecule has 0 unspecified atom stereocenters. The Kier molecular flexibility index (Phi) is 5.55. The molecule has 1 heterocycles. The molecule has 7 heteroatoms. The summed E-state index contributed by atoms with van der Waals surface area (Å²) in [5, 5.41) is 4.00. The van der Waals surface area contributed by atoms with E-state index in [4.69, 9.17) is 14.2 Å². The summed E-state index contributed by atoms with van der Waals surface area (Å²) in [5.41, 5.74) is 4.19. The number of benzene rings is 2. The summed E-state index contributed by atoms with van der Waals surface area (Å²) in [7, 11) is 0. The van der Waals surface area contributed by atoms with E-state index in [1.165, 1.54) is 0 Å². The van der Waals surface area contributed by atoms with E-state index in [1.54, 1.807) is 12.3 Å². The van der Waals surface area contributed by atoms with Crippen molar-refractivity contribution in [2.45, 2.75) is 13.3 Å². The molecule has 3 rings (SSSR count). The van der Waals surface area contributed by atoms with Crippen molar-refractivity contribution in [2.24, 2.45) is 5.10 Å². The van der Waals surface area contributed by atoms with Crippen molar-refractivity contribution in [3.63, 3.8) is 0 Å². The standard InChI is InChI=1S/C18H17BrN2O4/c1-2-23-14-5-3-12(4-6-14)7-18(22)21-20-10-13-8-16-17(9-15(13)19)25-11-24-16/h3-6,8-10H,2,7,11H2,1H3,(H,21,22)/b20-10-. The molecule has 0 saturated carbocycles. The van der Waals surface area contributed by atoms with Gasteiger partial charge in [-0.3, -0.25) is 4.79 Å². The van der Waals surface area contributed by atoms with Crippen LogP contribution in [0.2, 0.25) is 0 Å². The first-order chi connectivity index (χ1) is 12.2. The van der Waals surface area contributed by atoms with Crippen molar-refractivity contribution in [2.75, 3.05) is 13.4 Å².